The molecule has 36 heavy (non-hydrogen) atoms. The van der Waals surface area contributed by atoms with E-state index in [-0.39, 0.29) is 50.0 Å². The van der Waals surface area contributed by atoms with Gasteiger partial charge in [0.05, 0.1) is 0 Å². The Morgan fingerprint density at radius 2 is 1.83 bits per heavy atom. The van der Waals surface area contributed by atoms with Crippen molar-refractivity contribution in [1.29, 1.82) is 0 Å². The van der Waals surface area contributed by atoms with E-state index in [2.05, 4.69) is 116 Å². The number of allylic oxidation sites excluding steroid dienone is 3. The van der Waals surface area contributed by atoms with Gasteiger partial charge in [0.2, 0.25) is 0 Å². The average Bonchev–Trinajstić information content (AvgIpc) is 2.78. The molecule has 200 valence electrons. The summed E-state index contributed by atoms with van der Waals surface area (Å²) >= 11 is 0.241. The van der Waals surface area contributed by atoms with E-state index < -0.39 is 8.32 Å². The second kappa shape index (κ2) is 14.0. The van der Waals surface area contributed by atoms with Gasteiger partial charge in [-0.15, -0.1) is 0 Å². The van der Waals surface area contributed by atoms with Gasteiger partial charge in [0.25, 0.3) is 0 Å². The number of hydrogen-bond acceptors (Lipinski definition) is 3. The molecule has 5 heteroatoms. The van der Waals surface area contributed by atoms with Crippen LogP contribution in [0.25, 0.3) is 0 Å². The van der Waals surface area contributed by atoms with E-state index in [9.17, 15) is 4.79 Å². The summed E-state index contributed by atoms with van der Waals surface area (Å²) in [5, 5.41) is 0.174. The quantitative estimate of drug-likeness (QED) is 0.190. The summed E-state index contributed by atoms with van der Waals surface area (Å²) in [4.78, 5) is 13.5. The van der Waals surface area contributed by atoms with Crippen LogP contribution in [0.5, 0.6) is 0 Å². The molecule has 0 bridgehead atoms. The molecule has 1 aliphatic rings. The van der Waals surface area contributed by atoms with Gasteiger partial charge in [0.15, 0.2) is 0 Å². The first-order valence-corrected chi connectivity index (χ1v) is 18.2. The van der Waals surface area contributed by atoms with Crippen LogP contribution in [0.4, 0.5) is 0 Å². The minimum absolute atomic E-state index is 0.0846. The number of ether oxygens (including phenoxy) is 1. The van der Waals surface area contributed by atoms with Crippen molar-refractivity contribution in [2.24, 2.45) is 11.8 Å². The molecule has 0 saturated carbocycles. The zero-order valence-electron chi connectivity index (χ0n) is 23.9. The zero-order chi connectivity index (χ0) is 26.9. The summed E-state index contributed by atoms with van der Waals surface area (Å²) in [6.07, 6.45) is 13.2. The second-order valence-electron chi connectivity index (χ2n) is 11.8. The van der Waals surface area contributed by atoms with Gasteiger partial charge in [-0.05, 0) is 0 Å². The normalized spacial score (nSPS) is 26.2. The first-order valence-electron chi connectivity index (χ1n) is 13.4. The van der Waals surface area contributed by atoms with E-state index in [1.165, 1.54) is 4.46 Å². The Labute approximate surface area is 228 Å². The van der Waals surface area contributed by atoms with Crippen LogP contribution in [0.3, 0.4) is 0 Å². The molecule has 0 saturated heterocycles. The van der Waals surface area contributed by atoms with Crippen molar-refractivity contribution in [3.05, 3.63) is 66.3 Å². The van der Waals surface area contributed by atoms with Crippen LogP contribution in [-0.4, -0.2) is 41.5 Å². The molecular formula is C31H48O3SeSi. The first-order chi connectivity index (χ1) is 16.8. The molecule has 2 rings (SSSR count). The van der Waals surface area contributed by atoms with Crippen molar-refractivity contribution in [3.8, 4) is 0 Å². The van der Waals surface area contributed by atoms with Crippen molar-refractivity contribution in [2.45, 2.75) is 103 Å². The van der Waals surface area contributed by atoms with Crippen LogP contribution >= 0.6 is 0 Å². The fourth-order valence-corrected chi connectivity index (χ4v) is 8.03. The summed E-state index contributed by atoms with van der Waals surface area (Å²) in [5.41, 5.74) is 1.10. The zero-order valence-corrected chi connectivity index (χ0v) is 26.6. The molecule has 1 aromatic rings. The molecule has 1 aromatic carbocycles. The van der Waals surface area contributed by atoms with Gasteiger partial charge in [-0.25, -0.2) is 0 Å². The molecule has 0 spiro atoms. The number of carbonyl (C=O) groups excluding carboxylic acids is 1. The molecule has 3 nitrogen and oxygen atoms in total. The summed E-state index contributed by atoms with van der Waals surface area (Å²) in [7, 11) is -1.85. The molecule has 2 unspecified atom stereocenters. The number of cyclic esters (lactones) is 1. The van der Waals surface area contributed by atoms with Crippen molar-refractivity contribution in [2.75, 3.05) is 0 Å². The standard InChI is InChI=1S/C31H48O3SeSi/c1-23-17-13-10-11-14-20-28(35-27-18-15-12-16-19-27)22-29(32)33-30(23)25(3)21-24(2)26(4)34-36(8,9)31(5,6)7/h10-13,15-19,21,23-24,26,28,30H,14,20,22H2,1-9H3/b11-10+,17-13-,25-21+/t23-,24-,26+,28?,30?/m0/s1. The minimum atomic E-state index is -1.85. The molecule has 0 fully saturated rings. The third kappa shape index (κ3) is 9.82. The van der Waals surface area contributed by atoms with E-state index in [1.807, 2.05) is 6.07 Å². The van der Waals surface area contributed by atoms with Gasteiger partial charge >= 0.3 is 208 Å². The molecule has 0 radical (unpaired) electrons. The SMILES string of the molecule is C/C(=C\[C@H](C)[C@@H](C)O[Si](C)(C)C(C)(C)C)C1OC(=O)CC([Se]c2ccccc2)CC/C=C/C=C\[C@@H]1C. The maximum absolute atomic E-state index is 13.2. The number of esters is 1. The van der Waals surface area contributed by atoms with Gasteiger partial charge in [-0.1, -0.05) is 20.8 Å². The third-order valence-corrected chi connectivity index (χ3v) is 14.8. The van der Waals surface area contributed by atoms with Crippen molar-refractivity contribution in [1.82, 2.24) is 0 Å². The van der Waals surface area contributed by atoms with E-state index in [1.54, 1.807) is 0 Å². The van der Waals surface area contributed by atoms with E-state index in [0.717, 1.165) is 18.4 Å². The van der Waals surface area contributed by atoms with Crippen molar-refractivity contribution in [3.63, 3.8) is 0 Å². The topological polar surface area (TPSA) is 35.5 Å². The summed E-state index contributed by atoms with van der Waals surface area (Å²) < 4.78 is 14.2. The predicted octanol–water partition coefficient (Wildman–Crippen LogP) is 7.64. The van der Waals surface area contributed by atoms with E-state index >= 15 is 0 Å². The second-order valence-corrected chi connectivity index (χ2v) is 19.4. The monoisotopic (exact) mass is 576 g/mol. The summed E-state index contributed by atoms with van der Waals surface area (Å²) in [6, 6.07) is 10.6. The summed E-state index contributed by atoms with van der Waals surface area (Å²) in [6.45, 7) is 20.0. The van der Waals surface area contributed by atoms with Crippen molar-refractivity contribution < 1.29 is 14.0 Å². The molecular weight excluding hydrogens is 527 g/mol. The van der Waals surface area contributed by atoms with Crippen LogP contribution in [0.2, 0.25) is 22.9 Å². The van der Waals surface area contributed by atoms with Gasteiger partial charge in [0.1, 0.15) is 0 Å². The maximum atomic E-state index is 13.2. The van der Waals surface area contributed by atoms with Gasteiger partial charge in [-0.2, -0.15) is 0 Å². The third-order valence-electron chi connectivity index (χ3n) is 7.50. The molecule has 1 aliphatic heterocycles. The number of rotatable bonds is 7. The van der Waals surface area contributed by atoms with E-state index in [4.69, 9.17) is 9.16 Å². The van der Waals surface area contributed by atoms with Crippen LogP contribution in [0.1, 0.15) is 67.7 Å². The average molecular weight is 576 g/mol. The Hall–Kier alpha value is -1.39. The molecule has 0 aromatic heterocycles. The van der Waals surface area contributed by atoms with Gasteiger partial charge in [0, 0.05) is 0 Å². The van der Waals surface area contributed by atoms with E-state index in [0.29, 0.717) is 11.2 Å². The van der Waals surface area contributed by atoms with Crippen molar-refractivity contribution >= 4 is 33.7 Å². The van der Waals surface area contributed by atoms with Gasteiger partial charge in [-0.3, -0.25) is 0 Å². The Kier molecular flexibility index (Phi) is 11.9. The molecule has 0 aliphatic carbocycles. The Morgan fingerprint density at radius 1 is 1.17 bits per heavy atom. The predicted molar refractivity (Wildman–Crippen MR) is 157 cm³/mol. The van der Waals surface area contributed by atoms with Crippen LogP contribution in [0.15, 0.2) is 66.3 Å². The Bertz CT molecular complexity index is 913. The van der Waals surface area contributed by atoms with Crippen LogP contribution in [0, 0.1) is 11.8 Å². The van der Waals surface area contributed by atoms with Gasteiger partial charge < -0.3 is 0 Å². The molecule has 1 heterocycles. The molecule has 0 amide bonds. The molecule has 5 atom stereocenters. The van der Waals surface area contributed by atoms with Crippen LogP contribution < -0.4 is 4.46 Å². The fourth-order valence-electron chi connectivity index (χ4n) is 4.08. The fraction of sp³-hybridized carbons (Fsp3) is 0.581. The Balaban J connectivity index is 2.19. The first kappa shape index (κ1) is 30.8. The number of carbonyl (C=O) groups is 1. The molecule has 0 N–H and O–H groups in total. The number of benzene rings is 1. The summed E-state index contributed by atoms with van der Waals surface area (Å²) in [5.74, 6) is 0.235. The number of hydrogen-bond donors (Lipinski definition) is 0. The Morgan fingerprint density at radius 3 is 2.47 bits per heavy atom. The van der Waals surface area contributed by atoms with Crippen LogP contribution in [-0.2, 0) is 14.0 Å².